The van der Waals surface area contributed by atoms with E-state index in [1.807, 2.05) is 0 Å². The fourth-order valence-electron chi connectivity index (χ4n) is 5.19. The first-order valence-electron chi connectivity index (χ1n) is 10.1. The third-order valence-corrected chi connectivity index (χ3v) is 6.59. The van der Waals surface area contributed by atoms with Crippen LogP contribution in [0.3, 0.4) is 0 Å². The lowest BCUT2D eigenvalue weighted by Crippen LogP contribution is -2.51. The molecule has 146 valence electrons. The standard InChI is InChI=1S/C18H30N2.C2H2O4/c1-2-4-18(5-3-1)20-10-8-19(9-11-20)14-17-13-15-6-7-16(17)12-15;3-1(4)2(5)6/h6-7,15-18H,1-5,8-14H2;(H,3,4)(H,5,6). The molecule has 2 N–H and O–H groups in total. The van der Waals surface area contributed by atoms with E-state index >= 15 is 0 Å². The van der Waals surface area contributed by atoms with E-state index in [1.54, 1.807) is 0 Å². The van der Waals surface area contributed by atoms with E-state index in [1.165, 1.54) is 77.7 Å². The Labute approximate surface area is 155 Å². The molecule has 4 aliphatic rings. The second-order valence-corrected chi connectivity index (χ2v) is 8.28. The molecule has 4 rings (SSSR count). The molecule has 6 nitrogen and oxygen atoms in total. The van der Waals surface area contributed by atoms with Gasteiger partial charge in [-0.15, -0.1) is 0 Å². The summed E-state index contributed by atoms with van der Waals surface area (Å²) in [5.41, 5.74) is 0. The van der Waals surface area contributed by atoms with Gasteiger partial charge in [0.15, 0.2) is 0 Å². The minimum absolute atomic E-state index is 0.927. The molecule has 26 heavy (non-hydrogen) atoms. The van der Waals surface area contributed by atoms with Crippen molar-refractivity contribution in [2.24, 2.45) is 17.8 Å². The number of piperazine rings is 1. The highest BCUT2D eigenvalue weighted by Crippen LogP contribution is 2.43. The van der Waals surface area contributed by atoms with Crippen LogP contribution in [0.15, 0.2) is 12.2 Å². The fraction of sp³-hybridized carbons (Fsp3) is 0.800. The summed E-state index contributed by atoms with van der Waals surface area (Å²) in [6, 6.07) is 0.927. The number of carboxylic acids is 2. The number of hydrogen-bond donors (Lipinski definition) is 2. The smallest absolute Gasteiger partial charge is 0.414 e. The van der Waals surface area contributed by atoms with Crippen LogP contribution in [0.25, 0.3) is 0 Å². The van der Waals surface area contributed by atoms with Crippen LogP contribution >= 0.6 is 0 Å². The Bertz CT molecular complexity index is 510. The largest absolute Gasteiger partial charge is 0.473 e. The number of carboxylic acid groups (broad SMARTS) is 2. The zero-order valence-corrected chi connectivity index (χ0v) is 15.6. The summed E-state index contributed by atoms with van der Waals surface area (Å²) >= 11 is 0. The number of fused-ring (bicyclic) bond motifs is 2. The third kappa shape index (κ3) is 5.07. The zero-order chi connectivity index (χ0) is 18.5. The summed E-state index contributed by atoms with van der Waals surface area (Å²) in [7, 11) is 0. The molecule has 0 aromatic carbocycles. The maximum Gasteiger partial charge on any atom is 0.414 e. The van der Waals surface area contributed by atoms with Crippen LogP contribution in [-0.2, 0) is 9.59 Å². The predicted octanol–water partition coefficient (Wildman–Crippen LogP) is 2.30. The summed E-state index contributed by atoms with van der Waals surface area (Å²) in [6.07, 6.45) is 15.3. The average Bonchev–Trinajstić information content (AvgIpc) is 3.27. The van der Waals surface area contributed by atoms with Crippen LogP contribution in [0.2, 0.25) is 0 Å². The van der Waals surface area contributed by atoms with Crippen molar-refractivity contribution in [2.75, 3.05) is 32.7 Å². The van der Waals surface area contributed by atoms with Gasteiger partial charge in [-0.3, -0.25) is 4.90 Å². The Kier molecular flexibility index (Phi) is 6.70. The van der Waals surface area contributed by atoms with Gasteiger partial charge < -0.3 is 15.1 Å². The average molecular weight is 364 g/mol. The molecule has 6 heteroatoms. The maximum absolute atomic E-state index is 9.10. The molecule has 0 aromatic heterocycles. The Balaban J connectivity index is 0.000000286. The molecule has 0 amide bonds. The fourth-order valence-corrected chi connectivity index (χ4v) is 5.19. The monoisotopic (exact) mass is 364 g/mol. The van der Waals surface area contributed by atoms with Crippen molar-refractivity contribution >= 4 is 11.9 Å². The molecule has 0 spiro atoms. The number of carbonyl (C=O) groups is 2. The second kappa shape index (κ2) is 9.00. The molecular formula is C20H32N2O4. The highest BCUT2D eigenvalue weighted by Gasteiger charge is 2.37. The SMILES string of the molecule is C1=CC2CC1CC2CN1CCN(C2CCCCC2)CC1.O=C(O)C(=O)O. The number of allylic oxidation sites excluding steroid dienone is 2. The Morgan fingerprint density at radius 2 is 1.54 bits per heavy atom. The topological polar surface area (TPSA) is 81.1 Å². The van der Waals surface area contributed by atoms with Crippen LogP contribution in [-0.4, -0.2) is 70.7 Å². The molecule has 3 fully saturated rings. The van der Waals surface area contributed by atoms with Crippen molar-refractivity contribution in [2.45, 2.75) is 51.0 Å². The second-order valence-electron chi connectivity index (χ2n) is 8.28. The Hall–Kier alpha value is -1.40. The molecule has 2 saturated carbocycles. The van der Waals surface area contributed by atoms with Crippen LogP contribution in [0.1, 0.15) is 44.9 Å². The molecule has 3 unspecified atom stereocenters. The quantitative estimate of drug-likeness (QED) is 0.591. The van der Waals surface area contributed by atoms with Crippen LogP contribution < -0.4 is 0 Å². The van der Waals surface area contributed by atoms with Gasteiger partial charge in [0.25, 0.3) is 0 Å². The van der Waals surface area contributed by atoms with E-state index in [-0.39, 0.29) is 0 Å². The molecule has 0 aromatic rings. The number of hydrogen-bond acceptors (Lipinski definition) is 4. The van der Waals surface area contributed by atoms with E-state index in [0.29, 0.717) is 0 Å². The lowest BCUT2D eigenvalue weighted by Gasteiger charge is -2.41. The summed E-state index contributed by atoms with van der Waals surface area (Å²) in [5, 5.41) is 14.8. The molecule has 2 bridgehead atoms. The van der Waals surface area contributed by atoms with Gasteiger partial charge in [0, 0.05) is 38.8 Å². The van der Waals surface area contributed by atoms with Gasteiger partial charge >= 0.3 is 11.9 Å². The summed E-state index contributed by atoms with van der Waals surface area (Å²) < 4.78 is 0. The van der Waals surface area contributed by atoms with Gasteiger partial charge in [-0.25, -0.2) is 9.59 Å². The van der Waals surface area contributed by atoms with Crippen LogP contribution in [0.4, 0.5) is 0 Å². The van der Waals surface area contributed by atoms with Crippen molar-refractivity contribution in [3.05, 3.63) is 12.2 Å². The van der Waals surface area contributed by atoms with E-state index < -0.39 is 11.9 Å². The van der Waals surface area contributed by atoms with Crippen LogP contribution in [0.5, 0.6) is 0 Å². The first-order valence-corrected chi connectivity index (χ1v) is 10.1. The minimum atomic E-state index is -1.82. The van der Waals surface area contributed by atoms with Gasteiger partial charge in [-0.1, -0.05) is 31.4 Å². The van der Waals surface area contributed by atoms with Gasteiger partial charge in [-0.2, -0.15) is 0 Å². The van der Waals surface area contributed by atoms with Crippen molar-refractivity contribution in [1.29, 1.82) is 0 Å². The summed E-state index contributed by atoms with van der Waals surface area (Å²) in [5.74, 6) is -0.805. The molecule has 1 saturated heterocycles. The first kappa shape index (κ1) is 19.4. The predicted molar refractivity (Wildman–Crippen MR) is 99.0 cm³/mol. The van der Waals surface area contributed by atoms with Gasteiger partial charge in [0.05, 0.1) is 0 Å². The molecule has 0 radical (unpaired) electrons. The summed E-state index contributed by atoms with van der Waals surface area (Å²) in [4.78, 5) is 23.8. The van der Waals surface area contributed by atoms with Gasteiger partial charge in [0.1, 0.15) is 0 Å². The first-order chi connectivity index (χ1) is 12.5. The number of aliphatic carboxylic acids is 2. The van der Waals surface area contributed by atoms with Crippen molar-refractivity contribution < 1.29 is 19.8 Å². The molecular weight excluding hydrogens is 332 g/mol. The highest BCUT2D eigenvalue weighted by molar-refractivity contribution is 6.27. The van der Waals surface area contributed by atoms with E-state index in [0.717, 1.165) is 23.8 Å². The lowest BCUT2D eigenvalue weighted by atomic mass is 9.92. The van der Waals surface area contributed by atoms with E-state index in [9.17, 15) is 0 Å². The maximum atomic E-state index is 9.10. The lowest BCUT2D eigenvalue weighted by molar-refractivity contribution is -0.159. The van der Waals surface area contributed by atoms with Gasteiger partial charge in [0.2, 0.25) is 0 Å². The summed E-state index contributed by atoms with van der Waals surface area (Å²) in [6.45, 7) is 6.70. The van der Waals surface area contributed by atoms with Crippen molar-refractivity contribution in [1.82, 2.24) is 9.80 Å². The van der Waals surface area contributed by atoms with E-state index in [2.05, 4.69) is 22.0 Å². The third-order valence-electron chi connectivity index (χ3n) is 6.59. The Morgan fingerprint density at radius 3 is 2.04 bits per heavy atom. The molecule has 3 atom stereocenters. The normalized spacial score (nSPS) is 32.2. The van der Waals surface area contributed by atoms with Crippen LogP contribution in [0, 0.1) is 17.8 Å². The molecule has 1 heterocycles. The Morgan fingerprint density at radius 1 is 0.885 bits per heavy atom. The zero-order valence-electron chi connectivity index (χ0n) is 15.6. The van der Waals surface area contributed by atoms with Gasteiger partial charge in [-0.05, 0) is 43.4 Å². The molecule has 3 aliphatic carbocycles. The molecule has 1 aliphatic heterocycles. The van der Waals surface area contributed by atoms with E-state index in [4.69, 9.17) is 19.8 Å². The minimum Gasteiger partial charge on any atom is -0.473 e. The number of rotatable bonds is 3. The van der Waals surface area contributed by atoms with Crippen molar-refractivity contribution in [3.63, 3.8) is 0 Å². The van der Waals surface area contributed by atoms with Crippen molar-refractivity contribution in [3.8, 4) is 0 Å². The number of nitrogens with zero attached hydrogens (tertiary/aromatic N) is 2. The highest BCUT2D eigenvalue weighted by atomic mass is 16.4.